The Morgan fingerprint density at radius 2 is 1.03 bits per heavy atom. The first-order valence-electron chi connectivity index (χ1n) is 12.7. The molecule has 0 atom stereocenters. The van der Waals surface area contributed by atoms with E-state index in [9.17, 15) is 13.2 Å². The predicted octanol–water partition coefficient (Wildman–Crippen LogP) is 8.79. The maximum absolute atomic E-state index is 13.6. The lowest BCUT2D eigenvalue weighted by molar-refractivity contribution is 0.109. The van der Waals surface area contributed by atoms with E-state index < -0.39 is 17.5 Å². The zero-order valence-electron chi connectivity index (χ0n) is 18.7. The van der Waals surface area contributed by atoms with Crippen molar-refractivity contribution in [2.45, 2.75) is 103 Å². The van der Waals surface area contributed by atoms with Crippen LogP contribution in [0, 0.1) is 47.0 Å². The molecule has 0 radical (unpaired) electrons. The van der Waals surface area contributed by atoms with E-state index in [0.29, 0.717) is 5.56 Å². The average molecular weight is 421 g/mol. The lowest BCUT2D eigenvalue weighted by Gasteiger charge is -2.41. The maximum Gasteiger partial charge on any atom is 0.194 e. The van der Waals surface area contributed by atoms with Crippen molar-refractivity contribution in [2.75, 3.05) is 0 Å². The van der Waals surface area contributed by atoms with Gasteiger partial charge in [0.1, 0.15) is 0 Å². The van der Waals surface area contributed by atoms with Crippen molar-refractivity contribution < 1.29 is 13.2 Å². The number of rotatable bonds is 5. The molecule has 0 aliphatic heterocycles. The normalized spacial score (nSPS) is 35.3. The van der Waals surface area contributed by atoms with E-state index in [1.54, 1.807) is 0 Å². The summed E-state index contributed by atoms with van der Waals surface area (Å²) in [4.78, 5) is 0. The first-order valence-corrected chi connectivity index (χ1v) is 12.7. The Morgan fingerprint density at radius 1 is 0.633 bits per heavy atom. The highest BCUT2D eigenvalue weighted by Crippen LogP contribution is 2.47. The van der Waals surface area contributed by atoms with Crippen molar-refractivity contribution >= 4 is 0 Å². The van der Waals surface area contributed by atoms with Gasteiger partial charge in [0.25, 0.3) is 0 Å². The summed E-state index contributed by atoms with van der Waals surface area (Å²) in [6.07, 6.45) is 18.5. The van der Waals surface area contributed by atoms with Crippen molar-refractivity contribution in [3.05, 3.63) is 35.1 Å². The smallest absolute Gasteiger partial charge is 0.194 e. The van der Waals surface area contributed by atoms with Gasteiger partial charge in [0, 0.05) is 0 Å². The fraction of sp³-hybridized carbons (Fsp3) is 0.778. The third-order valence-electron chi connectivity index (χ3n) is 8.99. The number of hydrogen-bond acceptors (Lipinski definition) is 0. The molecule has 0 saturated heterocycles. The van der Waals surface area contributed by atoms with Gasteiger partial charge in [-0.1, -0.05) is 32.6 Å². The molecular weight excluding hydrogens is 381 g/mol. The topological polar surface area (TPSA) is 0 Å². The van der Waals surface area contributed by atoms with Crippen molar-refractivity contribution in [1.29, 1.82) is 0 Å². The van der Waals surface area contributed by atoms with Crippen LogP contribution in [-0.2, 0) is 0 Å². The fourth-order valence-corrected chi connectivity index (χ4v) is 7.18. The molecule has 3 fully saturated rings. The van der Waals surface area contributed by atoms with E-state index in [-0.39, 0.29) is 5.92 Å². The molecule has 0 N–H and O–H groups in total. The third kappa shape index (κ3) is 5.07. The molecule has 168 valence electrons. The van der Waals surface area contributed by atoms with Gasteiger partial charge in [-0.15, -0.1) is 0 Å². The molecule has 3 saturated carbocycles. The van der Waals surface area contributed by atoms with Crippen LogP contribution < -0.4 is 0 Å². The van der Waals surface area contributed by atoms with Gasteiger partial charge in [-0.05, 0) is 117 Å². The zero-order chi connectivity index (χ0) is 21.1. The second-order valence-corrected chi connectivity index (χ2v) is 10.7. The Balaban J connectivity index is 1.22. The zero-order valence-corrected chi connectivity index (χ0v) is 18.7. The fourth-order valence-electron chi connectivity index (χ4n) is 7.18. The molecule has 0 aromatic heterocycles. The van der Waals surface area contributed by atoms with E-state index in [2.05, 4.69) is 6.92 Å². The summed E-state index contributed by atoms with van der Waals surface area (Å²) >= 11 is 0. The summed E-state index contributed by atoms with van der Waals surface area (Å²) in [6, 6.07) is 2.42. The SMILES string of the molecule is CCCC1CCC(C2CCC(C3CCC(c4cc(F)c(F)c(F)c4)CC3)CC2)CC1. The lowest BCUT2D eigenvalue weighted by Crippen LogP contribution is -2.29. The highest BCUT2D eigenvalue weighted by molar-refractivity contribution is 5.23. The number of halogens is 3. The highest BCUT2D eigenvalue weighted by Gasteiger charge is 2.35. The minimum absolute atomic E-state index is 0.181. The van der Waals surface area contributed by atoms with Crippen molar-refractivity contribution in [1.82, 2.24) is 0 Å². The largest absolute Gasteiger partial charge is 0.204 e. The van der Waals surface area contributed by atoms with Crippen molar-refractivity contribution in [3.8, 4) is 0 Å². The molecule has 0 bridgehead atoms. The van der Waals surface area contributed by atoms with Crippen LogP contribution in [0.1, 0.15) is 108 Å². The summed E-state index contributed by atoms with van der Waals surface area (Å²) in [5.74, 6) is 1.31. The molecule has 0 amide bonds. The van der Waals surface area contributed by atoms with Crippen molar-refractivity contribution in [2.24, 2.45) is 29.6 Å². The standard InChI is InChI=1S/C27H39F3/c1-2-3-18-4-6-19(7-5-18)20-8-10-21(11-9-20)22-12-14-23(15-13-22)24-16-25(28)27(30)26(29)17-24/h16-23H,2-15H2,1H3. The molecule has 0 nitrogen and oxygen atoms in total. The van der Waals surface area contributed by atoms with E-state index in [4.69, 9.17) is 0 Å². The third-order valence-corrected chi connectivity index (χ3v) is 8.99. The summed E-state index contributed by atoms with van der Waals surface area (Å²) in [5.41, 5.74) is 0.646. The van der Waals surface area contributed by atoms with E-state index in [1.165, 1.54) is 76.3 Å². The lowest BCUT2D eigenvalue weighted by atomic mass is 9.64. The van der Waals surface area contributed by atoms with E-state index in [0.717, 1.165) is 55.3 Å². The monoisotopic (exact) mass is 420 g/mol. The molecule has 3 aliphatic rings. The Kier molecular flexibility index (Phi) is 7.47. The first-order chi connectivity index (χ1) is 14.5. The van der Waals surface area contributed by atoms with Crippen LogP contribution in [0.2, 0.25) is 0 Å². The van der Waals surface area contributed by atoms with Crippen LogP contribution in [0.3, 0.4) is 0 Å². The van der Waals surface area contributed by atoms with Crippen LogP contribution in [0.4, 0.5) is 13.2 Å². The van der Waals surface area contributed by atoms with Gasteiger partial charge in [0.2, 0.25) is 0 Å². The average Bonchev–Trinajstić information content (AvgIpc) is 2.78. The maximum atomic E-state index is 13.6. The summed E-state index contributed by atoms with van der Waals surface area (Å²) < 4.78 is 40.4. The predicted molar refractivity (Wildman–Crippen MR) is 117 cm³/mol. The Morgan fingerprint density at radius 3 is 1.47 bits per heavy atom. The molecule has 0 unspecified atom stereocenters. The first kappa shape index (κ1) is 22.2. The van der Waals surface area contributed by atoms with Gasteiger partial charge < -0.3 is 0 Å². The van der Waals surface area contributed by atoms with Gasteiger partial charge in [0.05, 0.1) is 0 Å². The van der Waals surface area contributed by atoms with Gasteiger partial charge in [-0.2, -0.15) is 0 Å². The minimum Gasteiger partial charge on any atom is -0.204 e. The van der Waals surface area contributed by atoms with E-state index in [1.807, 2.05) is 0 Å². The summed E-state index contributed by atoms with van der Waals surface area (Å²) in [5, 5.41) is 0. The Bertz CT molecular complexity index is 652. The quantitative estimate of drug-likeness (QED) is 0.417. The van der Waals surface area contributed by atoms with Gasteiger partial charge >= 0.3 is 0 Å². The van der Waals surface area contributed by atoms with Gasteiger partial charge in [-0.3, -0.25) is 0 Å². The highest BCUT2D eigenvalue weighted by atomic mass is 19.2. The summed E-state index contributed by atoms with van der Waals surface area (Å²) in [7, 11) is 0. The van der Waals surface area contributed by atoms with Gasteiger partial charge in [0.15, 0.2) is 17.5 Å². The molecule has 4 rings (SSSR count). The van der Waals surface area contributed by atoms with Gasteiger partial charge in [-0.25, -0.2) is 13.2 Å². The van der Waals surface area contributed by atoms with E-state index >= 15 is 0 Å². The number of benzene rings is 1. The van der Waals surface area contributed by atoms with Crippen LogP contribution >= 0.6 is 0 Å². The Labute approximate surface area is 181 Å². The van der Waals surface area contributed by atoms with Crippen LogP contribution in [0.25, 0.3) is 0 Å². The van der Waals surface area contributed by atoms with Crippen LogP contribution in [-0.4, -0.2) is 0 Å². The van der Waals surface area contributed by atoms with Crippen molar-refractivity contribution in [3.63, 3.8) is 0 Å². The van der Waals surface area contributed by atoms with Crippen LogP contribution in [0.5, 0.6) is 0 Å². The Hall–Kier alpha value is -0.990. The molecule has 0 spiro atoms. The molecule has 1 aromatic rings. The molecule has 1 aromatic carbocycles. The second-order valence-electron chi connectivity index (χ2n) is 10.7. The molecule has 3 aliphatic carbocycles. The summed E-state index contributed by atoms with van der Waals surface area (Å²) in [6.45, 7) is 2.32. The molecular formula is C27H39F3. The minimum atomic E-state index is -1.34. The molecule has 3 heteroatoms. The molecule has 0 heterocycles. The van der Waals surface area contributed by atoms with Crippen LogP contribution in [0.15, 0.2) is 12.1 Å². The second kappa shape index (κ2) is 10.1. The number of hydrogen-bond donors (Lipinski definition) is 0. The molecule has 30 heavy (non-hydrogen) atoms.